The fourth-order valence-corrected chi connectivity index (χ4v) is 4.35. The van der Waals surface area contributed by atoms with Crippen molar-refractivity contribution in [2.75, 3.05) is 18.6 Å². The van der Waals surface area contributed by atoms with Gasteiger partial charge in [0.2, 0.25) is 0 Å². The predicted molar refractivity (Wildman–Crippen MR) is 142 cm³/mol. The Bertz CT molecular complexity index is 1270. The first kappa shape index (κ1) is 26.7. The fourth-order valence-electron chi connectivity index (χ4n) is 4.08. The van der Waals surface area contributed by atoms with Crippen LogP contribution in [0.25, 0.3) is 5.52 Å². The summed E-state index contributed by atoms with van der Waals surface area (Å²) >= 11 is 3.43. The topological polar surface area (TPSA) is 68.1 Å². The third kappa shape index (κ3) is 5.50. The molecule has 7 heteroatoms. The van der Waals surface area contributed by atoms with Crippen LogP contribution in [0, 0.1) is 12.3 Å². The van der Waals surface area contributed by atoms with E-state index in [-0.39, 0.29) is 30.6 Å². The molecule has 35 heavy (non-hydrogen) atoms. The highest BCUT2D eigenvalue weighted by Crippen LogP contribution is 2.33. The Labute approximate surface area is 215 Å². The van der Waals surface area contributed by atoms with E-state index in [0.29, 0.717) is 22.5 Å². The van der Waals surface area contributed by atoms with Crippen LogP contribution in [0.1, 0.15) is 78.9 Å². The van der Waals surface area contributed by atoms with Crippen molar-refractivity contribution in [2.24, 2.45) is 5.41 Å². The number of anilines is 1. The molecule has 0 fully saturated rings. The number of benzene rings is 1. The van der Waals surface area contributed by atoms with E-state index in [2.05, 4.69) is 29.8 Å². The number of hydrogen-bond donors (Lipinski definition) is 0. The maximum absolute atomic E-state index is 14.1. The van der Waals surface area contributed by atoms with Gasteiger partial charge in [0.15, 0.2) is 5.78 Å². The van der Waals surface area contributed by atoms with Gasteiger partial charge in [-0.05, 0) is 60.4 Å². The molecule has 3 rings (SSSR count). The van der Waals surface area contributed by atoms with Gasteiger partial charge in [0.1, 0.15) is 5.69 Å². The summed E-state index contributed by atoms with van der Waals surface area (Å²) in [7, 11) is 1.33. The molecule has 0 aliphatic heterocycles. The number of methoxy groups -OCH3 is 1. The molecule has 0 N–H and O–H groups in total. The molecule has 3 aromatic rings. The molecule has 0 saturated heterocycles. The highest BCUT2D eigenvalue weighted by atomic mass is 79.9. The van der Waals surface area contributed by atoms with E-state index in [0.717, 1.165) is 15.6 Å². The van der Waals surface area contributed by atoms with Crippen LogP contribution in [0.15, 0.2) is 47.1 Å². The number of ether oxygens (including phenoxy) is 1. The van der Waals surface area contributed by atoms with Gasteiger partial charge in [0, 0.05) is 33.9 Å². The maximum atomic E-state index is 14.1. The molecule has 2 heterocycles. The second-order valence-electron chi connectivity index (χ2n) is 10.1. The van der Waals surface area contributed by atoms with Gasteiger partial charge in [-0.15, -0.1) is 0 Å². The number of amides is 1. The number of esters is 1. The Morgan fingerprint density at radius 3 is 2.26 bits per heavy atom. The number of Topliss-reactive ketones (excluding diaryl/α,β-unsaturated/α-hetero) is 1. The number of halogens is 1. The molecule has 0 unspecified atom stereocenters. The van der Waals surface area contributed by atoms with Gasteiger partial charge in [0.05, 0.1) is 19.0 Å². The number of ketones is 1. The highest BCUT2D eigenvalue weighted by Gasteiger charge is 2.33. The molecule has 0 radical (unpaired) electrons. The lowest BCUT2D eigenvalue weighted by Crippen LogP contribution is -2.34. The van der Waals surface area contributed by atoms with Crippen LogP contribution in [-0.2, 0) is 9.53 Å². The SMILES string of the molecule is COC(=O)CCN(C(=O)c1c(C)c(C(=O)C(C)(C)C)c2cc(C(C)C)ccn12)c1ccc(Br)cc1. The van der Waals surface area contributed by atoms with Crippen LogP contribution in [0.4, 0.5) is 5.69 Å². The minimum Gasteiger partial charge on any atom is -0.469 e. The van der Waals surface area contributed by atoms with Crippen molar-refractivity contribution in [3.05, 3.63) is 69.5 Å². The second-order valence-corrected chi connectivity index (χ2v) is 11.0. The quantitative estimate of drug-likeness (QED) is 0.251. The molecule has 2 aromatic heterocycles. The molecule has 6 nitrogen and oxygen atoms in total. The van der Waals surface area contributed by atoms with Crippen LogP contribution in [0.3, 0.4) is 0 Å². The van der Waals surface area contributed by atoms with Gasteiger partial charge < -0.3 is 14.0 Å². The highest BCUT2D eigenvalue weighted by molar-refractivity contribution is 9.10. The predicted octanol–water partition coefficient (Wildman–Crippen LogP) is 6.57. The van der Waals surface area contributed by atoms with Gasteiger partial charge in [-0.25, -0.2) is 0 Å². The number of pyridine rings is 1. The summed E-state index contributed by atoms with van der Waals surface area (Å²) in [4.78, 5) is 41.1. The number of nitrogens with zero attached hydrogens (tertiary/aromatic N) is 2. The van der Waals surface area contributed by atoms with Crippen LogP contribution >= 0.6 is 15.9 Å². The van der Waals surface area contributed by atoms with Crippen molar-refractivity contribution in [1.29, 1.82) is 0 Å². The second kappa shape index (κ2) is 10.4. The summed E-state index contributed by atoms with van der Waals surface area (Å²) in [5.74, 6) is -0.431. The Kier molecular flexibility index (Phi) is 7.90. The van der Waals surface area contributed by atoms with E-state index in [1.165, 1.54) is 7.11 Å². The normalized spacial score (nSPS) is 11.7. The first-order valence-electron chi connectivity index (χ1n) is 11.7. The van der Waals surface area contributed by atoms with Crippen LogP contribution in [-0.4, -0.2) is 35.7 Å². The lowest BCUT2D eigenvalue weighted by molar-refractivity contribution is -0.140. The Balaban J connectivity index is 2.24. The number of carbonyl (C=O) groups is 3. The number of fused-ring (bicyclic) bond motifs is 1. The molecule has 186 valence electrons. The Morgan fingerprint density at radius 1 is 1.09 bits per heavy atom. The van der Waals surface area contributed by atoms with Gasteiger partial charge in [-0.3, -0.25) is 14.4 Å². The minimum atomic E-state index is -0.614. The lowest BCUT2D eigenvalue weighted by atomic mass is 9.85. The van der Waals surface area contributed by atoms with Gasteiger partial charge in [-0.2, -0.15) is 0 Å². The summed E-state index contributed by atoms with van der Waals surface area (Å²) in [6.45, 7) is 11.8. The summed E-state index contributed by atoms with van der Waals surface area (Å²) in [6.07, 6.45) is 1.91. The summed E-state index contributed by atoms with van der Waals surface area (Å²) in [5.41, 5.74) is 3.46. The molecule has 1 aromatic carbocycles. The molecule has 1 amide bonds. The third-order valence-electron chi connectivity index (χ3n) is 6.13. The monoisotopic (exact) mass is 540 g/mol. The molecule has 0 atom stereocenters. The van der Waals surface area contributed by atoms with Gasteiger partial charge in [-0.1, -0.05) is 50.5 Å². The fraction of sp³-hybridized carbons (Fsp3) is 0.393. The average molecular weight is 541 g/mol. The van der Waals surface area contributed by atoms with E-state index < -0.39 is 11.4 Å². The number of carbonyl (C=O) groups excluding carboxylic acids is 3. The molecule has 0 saturated carbocycles. The van der Waals surface area contributed by atoms with Crippen molar-refractivity contribution < 1.29 is 19.1 Å². The van der Waals surface area contributed by atoms with E-state index in [1.807, 2.05) is 74.7 Å². The standard InChI is InChI=1S/C28H33BrN2O4/c1-17(2)19-12-14-31-22(16-19)24(26(33)28(4,5)6)18(3)25(31)27(34)30(15-13-23(32)35-7)21-10-8-20(29)9-11-21/h8-12,14,16-17H,13,15H2,1-7H3. The van der Waals surface area contributed by atoms with Crippen molar-refractivity contribution in [2.45, 2.75) is 53.9 Å². The van der Waals surface area contributed by atoms with Crippen molar-refractivity contribution in [3.8, 4) is 0 Å². The van der Waals surface area contributed by atoms with Gasteiger partial charge >= 0.3 is 5.97 Å². The zero-order chi connectivity index (χ0) is 26.1. The van der Waals surface area contributed by atoms with Gasteiger partial charge in [0.25, 0.3) is 5.91 Å². The van der Waals surface area contributed by atoms with Crippen molar-refractivity contribution in [3.63, 3.8) is 0 Å². The molecular weight excluding hydrogens is 508 g/mol. The zero-order valence-corrected chi connectivity index (χ0v) is 23.0. The molecule has 0 spiro atoms. The van der Waals surface area contributed by atoms with Crippen LogP contribution in [0.5, 0.6) is 0 Å². The molecule has 0 aliphatic carbocycles. The zero-order valence-electron chi connectivity index (χ0n) is 21.4. The first-order chi connectivity index (χ1) is 16.4. The summed E-state index contributed by atoms with van der Waals surface area (Å²) in [6, 6.07) is 11.3. The van der Waals surface area contributed by atoms with Crippen LogP contribution < -0.4 is 4.90 Å². The van der Waals surface area contributed by atoms with E-state index in [1.54, 1.807) is 4.90 Å². The lowest BCUT2D eigenvalue weighted by Gasteiger charge is -2.23. The van der Waals surface area contributed by atoms with Crippen molar-refractivity contribution >= 4 is 44.8 Å². The maximum Gasteiger partial charge on any atom is 0.307 e. The largest absolute Gasteiger partial charge is 0.469 e. The number of aromatic nitrogens is 1. The van der Waals surface area contributed by atoms with E-state index >= 15 is 0 Å². The van der Waals surface area contributed by atoms with Crippen LogP contribution in [0.2, 0.25) is 0 Å². The van der Waals surface area contributed by atoms with Crippen molar-refractivity contribution in [1.82, 2.24) is 4.40 Å². The average Bonchev–Trinajstić information content (AvgIpc) is 3.09. The van der Waals surface area contributed by atoms with E-state index in [9.17, 15) is 14.4 Å². The third-order valence-corrected chi connectivity index (χ3v) is 6.66. The molecule has 0 aliphatic rings. The first-order valence-corrected chi connectivity index (χ1v) is 12.5. The Hall–Kier alpha value is -2.93. The summed E-state index contributed by atoms with van der Waals surface area (Å²) in [5, 5.41) is 0. The number of hydrogen-bond acceptors (Lipinski definition) is 4. The molecular formula is C28H33BrN2O4. The minimum absolute atomic E-state index is 0.0165. The smallest absolute Gasteiger partial charge is 0.307 e. The molecule has 0 bridgehead atoms. The summed E-state index contributed by atoms with van der Waals surface area (Å²) < 4.78 is 7.50. The van der Waals surface area contributed by atoms with E-state index in [4.69, 9.17) is 4.74 Å². The Morgan fingerprint density at radius 2 is 1.71 bits per heavy atom. The number of rotatable bonds is 7.